The van der Waals surface area contributed by atoms with Crippen LogP contribution in [-0.2, 0) is 14.6 Å². The van der Waals surface area contributed by atoms with E-state index in [9.17, 15) is 13.2 Å². The Labute approximate surface area is 108 Å². The number of hydrogen-bond acceptors (Lipinski definition) is 3. The number of aryl methyl sites for hydroxylation is 1. The third-order valence-corrected chi connectivity index (χ3v) is 4.65. The van der Waals surface area contributed by atoms with Crippen LogP contribution in [0.4, 0.5) is 5.69 Å². The highest BCUT2D eigenvalue weighted by atomic mass is 32.2. The number of carbonyl (C=O) groups excluding carboxylic acids is 1. The minimum absolute atomic E-state index is 0.199. The van der Waals surface area contributed by atoms with Crippen LogP contribution in [0.3, 0.4) is 0 Å². The van der Waals surface area contributed by atoms with Crippen molar-refractivity contribution in [3.05, 3.63) is 42.5 Å². The molecule has 1 amide bonds. The van der Waals surface area contributed by atoms with E-state index in [1.165, 1.54) is 13.0 Å². The molecule has 5 heteroatoms. The summed E-state index contributed by atoms with van der Waals surface area (Å²) in [4.78, 5) is 11.9. The maximum Gasteiger partial charge on any atom is 0.242 e. The molecule has 0 saturated heterocycles. The average Bonchev–Trinajstić information content (AvgIpc) is 2.31. The Morgan fingerprint density at radius 3 is 2.61 bits per heavy atom. The molecule has 0 aliphatic rings. The Bertz CT molecular complexity index is 549. The summed E-state index contributed by atoms with van der Waals surface area (Å²) in [5.41, 5.74) is 1.52. The van der Waals surface area contributed by atoms with Crippen LogP contribution >= 0.6 is 0 Å². The van der Waals surface area contributed by atoms with Crippen LogP contribution in [-0.4, -0.2) is 25.3 Å². The predicted octanol–water partition coefficient (Wildman–Crippen LogP) is 1.92. The molecule has 98 valence electrons. The van der Waals surface area contributed by atoms with Gasteiger partial charge in [0.15, 0.2) is 9.84 Å². The van der Waals surface area contributed by atoms with E-state index in [1.54, 1.807) is 12.1 Å². The molecule has 4 nitrogen and oxygen atoms in total. The van der Waals surface area contributed by atoms with Gasteiger partial charge in [0.25, 0.3) is 0 Å². The number of hydrogen-bond donors (Lipinski definition) is 1. The largest absolute Gasteiger partial charge is 0.325 e. The van der Waals surface area contributed by atoms with E-state index >= 15 is 0 Å². The lowest BCUT2D eigenvalue weighted by atomic mass is 10.2. The molecule has 1 N–H and O–H groups in total. The first kappa shape index (κ1) is 14.4. The second-order valence-electron chi connectivity index (χ2n) is 4.06. The van der Waals surface area contributed by atoms with Crippen LogP contribution in [0.15, 0.2) is 36.9 Å². The molecular formula is C13H17NO3S. The summed E-state index contributed by atoms with van der Waals surface area (Å²) in [6.07, 6.45) is 1.28. The van der Waals surface area contributed by atoms with Gasteiger partial charge < -0.3 is 5.32 Å². The van der Waals surface area contributed by atoms with Crippen molar-refractivity contribution in [1.29, 1.82) is 0 Å². The Morgan fingerprint density at radius 1 is 1.44 bits per heavy atom. The molecule has 0 saturated carbocycles. The van der Waals surface area contributed by atoms with Crippen LogP contribution in [0, 0.1) is 6.92 Å². The zero-order valence-electron chi connectivity index (χ0n) is 10.5. The van der Waals surface area contributed by atoms with Gasteiger partial charge in [-0.3, -0.25) is 4.79 Å². The highest BCUT2D eigenvalue weighted by Gasteiger charge is 2.26. The van der Waals surface area contributed by atoms with Crippen LogP contribution < -0.4 is 5.32 Å². The number of amides is 1. The maximum absolute atomic E-state index is 11.9. The predicted molar refractivity (Wildman–Crippen MR) is 73.3 cm³/mol. The number of nitrogens with one attached hydrogen (secondary N) is 1. The average molecular weight is 267 g/mol. The Hall–Kier alpha value is -1.62. The number of carbonyl (C=O) groups is 1. The van der Waals surface area contributed by atoms with Crippen molar-refractivity contribution in [1.82, 2.24) is 0 Å². The fourth-order valence-electron chi connectivity index (χ4n) is 1.42. The summed E-state index contributed by atoms with van der Waals surface area (Å²) in [6, 6.07) is 7.22. The summed E-state index contributed by atoms with van der Waals surface area (Å²) in [5.74, 6) is -0.721. The van der Waals surface area contributed by atoms with Gasteiger partial charge in [-0.15, -0.1) is 6.58 Å². The van der Waals surface area contributed by atoms with Crippen LogP contribution in [0.2, 0.25) is 0 Å². The van der Waals surface area contributed by atoms with Crippen molar-refractivity contribution >= 4 is 21.4 Å². The molecule has 1 aromatic rings. The van der Waals surface area contributed by atoms with Gasteiger partial charge in [0, 0.05) is 5.69 Å². The van der Waals surface area contributed by atoms with E-state index in [2.05, 4.69) is 11.9 Å². The van der Waals surface area contributed by atoms with E-state index in [1.807, 2.05) is 19.1 Å². The molecule has 1 aromatic carbocycles. The molecular weight excluding hydrogens is 250 g/mol. The zero-order chi connectivity index (χ0) is 13.8. The number of anilines is 1. The Morgan fingerprint density at radius 2 is 2.06 bits per heavy atom. The van der Waals surface area contributed by atoms with Crippen molar-refractivity contribution in [3.63, 3.8) is 0 Å². The summed E-state index contributed by atoms with van der Waals surface area (Å²) in [7, 11) is -3.47. The summed E-state index contributed by atoms with van der Waals surface area (Å²) < 4.78 is 23.4. The van der Waals surface area contributed by atoms with Gasteiger partial charge in [0.2, 0.25) is 5.91 Å². The van der Waals surface area contributed by atoms with E-state index in [4.69, 9.17) is 0 Å². The SMILES string of the molecule is C=CCS(=O)(=O)C(C)C(=O)Nc1ccccc1C. The normalized spacial score (nSPS) is 12.8. The molecule has 0 aromatic heterocycles. The molecule has 18 heavy (non-hydrogen) atoms. The molecule has 1 atom stereocenters. The van der Waals surface area contributed by atoms with E-state index in [-0.39, 0.29) is 5.75 Å². The lowest BCUT2D eigenvalue weighted by Gasteiger charge is -2.13. The molecule has 1 rings (SSSR count). The standard InChI is InChI=1S/C13H17NO3S/c1-4-9-18(16,17)11(3)13(15)14-12-8-6-5-7-10(12)2/h4-8,11H,1,9H2,2-3H3,(H,14,15). The first-order valence-electron chi connectivity index (χ1n) is 5.57. The van der Waals surface area contributed by atoms with Gasteiger partial charge in [-0.2, -0.15) is 0 Å². The van der Waals surface area contributed by atoms with Gasteiger partial charge in [0.05, 0.1) is 5.75 Å². The van der Waals surface area contributed by atoms with Gasteiger partial charge in [-0.05, 0) is 25.5 Å². The van der Waals surface area contributed by atoms with Gasteiger partial charge in [-0.25, -0.2) is 8.42 Å². The highest BCUT2D eigenvalue weighted by molar-refractivity contribution is 7.92. The molecule has 0 aliphatic heterocycles. The van der Waals surface area contributed by atoms with Gasteiger partial charge >= 0.3 is 0 Å². The van der Waals surface area contributed by atoms with Crippen LogP contribution in [0.25, 0.3) is 0 Å². The van der Waals surface area contributed by atoms with Gasteiger partial charge in [0.1, 0.15) is 5.25 Å². The number of para-hydroxylation sites is 1. The molecule has 0 fully saturated rings. The van der Waals surface area contributed by atoms with E-state index < -0.39 is 21.0 Å². The third-order valence-electron chi connectivity index (χ3n) is 2.66. The number of rotatable bonds is 5. The summed E-state index contributed by atoms with van der Waals surface area (Å²) in [5, 5.41) is 1.53. The second-order valence-corrected chi connectivity index (χ2v) is 6.43. The van der Waals surface area contributed by atoms with Crippen molar-refractivity contribution in [2.75, 3.05) is 11.1 Å². The van der Waals surface area contributed by atoms with Crippen LogP contribution in [0.1, 0.15) is 12.5 Å². The van der Waals surface area contributed by atoms with Crippen molar-refractivity contribution in [2.45, 2.75) is 19.1 Å². The molecule has 1 unspecified atom stereocenters. The monoisotopic (exact) mass is 267 g/mol. The lowest BCUT2D eigenvalue weighted by Crippen LogP contribution is -2.33. The van der Waals surface area contributed by atoms with Gasteiger partial charge in [-0.1, -0.05) is 24.3 Å². The summed E-state index contributed by atoms with van der Waals surface area (Å²) >= 11 is 0. The molecule has 0 aliphatic carbocycles. The Balaban J connectivity index is 2.84. The first-order chi connectivity index (χ1) is 8.38. The summed E-state index contributed by atoms with van der Waals surface area (Å²) in [6.45, 7) is 6.60. The maximum atomic E-state index is 11.9. The number of sulfone groups is 1. The fraction of sp³-hybridized carbons (Fsp3) is 0.308. The second kappa shape index (κ2) is 5.82. The Kier molecular flexibility index (Phi) is 4.67. The third kappa shape index (κ3) is 3.43. The van der Waals surface area contributed by atoms with Crippen molar-refractivity contribution in [3.8, 4) is 0 Å². The number of benzene rings is 1. The van der Waals surface area contributed by atoms with Crippen molar-refractivity contribution < 1.29 is 13.2 Å². The topological polar surface area (TPSA) is 63.2 Å². The van der Waals surface area contributed by atoms with E-state index in [0.717, 1.165) is 5.56 Å². The molecule has 0 bridgehead atoms. The minimum Gasteiger partial charge on any atom is -0.325 e. The first-order valence-corrected chi connectivity index (χ1v) is 7.29. The van der Waals surface area contributed by atoms with Crippen LogP contribution in [0.5, 0.6) is 0 Å². The quantitative estimate of drug-likeness (QED) is 0.829. The highest BCUT2D eigenvalue weighted by Crippen LogP contribution is 2.14. The van der Waals surface area contributed by atoms with Crippen molar-refractivity contribution in [2.24, 2.45) is 0 Å². The zero-order valence-corrected chi connectivity index (χ0v) is 11.3. The smallest absolute Gasteiger partial charge is 0.242 e. The fourth-order valence-corrected chi connectivity index (χ4v) is 2.42. The molecule has 0 radical (unpaired) electrons. The molecule has 0 heterocycles. The minimum atomic E-state index is -3.47. The lowest BCUT2D eigenvalue weighted by molar-refractivity contribution is -0.115. The molecule has 0 spiro atoms. The van der Waals surface area contributed by atoms with E-state index in [0.29, 0.717) is 5.69 Å².